The summed E-state index contributed by atoms with van der Waals surface area (Å²) >= 11 is 0. The zero-order chi connectivity index (χ0) is 17.6. The molecule has 0 saturated carbocycles. The summed E-state index contributed by atoms with van der Waals surface area (Å²) in [6.07, 6.45) is 3.05. The van der Waals surface area contributed by atoms with E-state index in [1.165, 1.54) is 12.4 Å². The zero-order valence-electron chi connectivity index (χ0n) is 13.6. The summed E-state index contributed by atoms with van der Waals surface area (Å²) < 4.78 is 6.76. The lowest BCUT2D eigenvalue weighted by Gasteiger charge is -2.11. The third-order valence-corrected chi connectivity index (χ3v) is 4.08. The number of carbonyl (C=O) groups excluding carboxylic acids is 1. The van der Waals surface area contributed by atoms with Crippen molar-refractivity contribution in [2.75, 3.05) is 5.32 Å². The molecule has 1 N–H and O–H groups in total. The Morgan fingerprint density at radius 3 is 2.84 bits per heavy atom. The van der Waals surface area contributed by atoms with Crippen LogP contribution in [-0.2, 0) is 0 Å². The van der Waals surface area contributed by atoms with Gasteiger partial charge in [0.05, 0.1) is 5.56 Å². The van der Waals surface area contributed by atoms with Crippen molar-refractivity contribution in [3.05, 3.63) is 70.0 Å². The molecule has 0 spiro atoms. The first-order chi connectivity index (χ1) is 12.0. The SMILES string of the molecule is Cc1cc2oc(=O)cc(C)c2cc1NC(=O)c1ccc2ncnn2c1. The van der Waals surface area contributed by atoms with Crippen LogP contribution in [0.25, 0.3) is 16.6 Å². The second-order valence-electron chi connectivity index (χ2n) is 5.85. The topological polar surface area (TPSA) is 89.5 Å². The quantitative estimate of drug-likeness (QED) is 0.569. The summed E-state index contributed by atoms with van der Waals surface area (Å²) in [5, 5.41) is 7.71. The van der Waals surface area contributed by atoms with Crippen LogP contribution in [0, 0.1) is 13.8 Å². The van der Waals surface area contributed by atoms with E-state index >= 15 is 0 Å². The Morgan fingerprint density at radius 2 is 2.00 bits per heavy atom. The summed E-state index contributed by atoms with van der Waals surface area (Å²) in [6.45, 7) is 3.68. The summed E-state index contributed by atoms with van der Waals surface area (Å²) in [4.78, 5) is 28.1. The number of hydrogen-bond donors (Lipinski definition) is 1. The number of hydrogen-bond acceptors (Lipinski definition) is 5. The highest BCUT2D eigenvalue weighted by Crippen LogP contribution is 2.25. The number of aryl methyl sites for hydroxylation is 2. The molecule has 3 heterocycles. The predicted octanol–water partition coefficient (Wildman–Crippen LogP) is 2.70. The molecule has 3 aromatic heterocycles. The lowest BCUT2D eigenvalue weighted by Crippen LogP contribution is -2.14. The fraction of sp³-hybridized carbons (Fsp3) is 0.111. The average Bonchev–Trinajstić information content (AvgIpc) is 3.03. The molecule has 25 heavy (non-hydrogen) atoms. The number of aromatic nitrogens is 3. The fourth-order valence-corrected chi connectivity index (χ4v) is 2.75. The van der Waals surface area contributed by atoms with Gasteiger partial charge in [0, 0.05) is 23.3 Å². The summed E-state index contributed by atoms with van der Waals surface area (Å²) in [5.74, 6) is -0.255. The van der Waals surface area contributed by atoms with Crippen LogP contribution in [0.2, 0.25) is 0 Å². The molecule has 0 aliphatic heterocycles. The normalized spacial score (nSPS) is 11.1. The van der Waals surface area contributed by atoms with Crippen LogP contribution in [0.15, 0.2) is 52.1 Å². The van der Waals surface area contributed by atoms with Crippen LogP contribution < -0.4 is 10.9 Å². The van der Waals surface area contributed by atoms with Crippen molar-refractivity contribution >= 4 is 28.2 Å². The van der Waals surface area contributed by atoms with E-state index in [-0.39, 0.29) is 11.5 Å². The molecule has 124 valence electrons. The molecule has 4 rings (SSSR count). The lowest BCUT2D eigenvalue weighted by atomic mass is 10.1. The van der Waals surface area contributed by atoms with Crippen LogP contribution in [-0.4, -0.2) is 20.5 Å². The van der Waals surface area contributed by atoms with E-state index in [1.54, 1.807) is 28.9 Å². The Balaban J connectivity index is 1.73. The number of pyridine rings is 1. The first-order valence-electron chi connectivity index (χ1n) is 7.67. The van der Waals surface area contributed by atoms with Crippen molar-refractivity contribution < 1.29 is 9.21 Å². The van der Waals surface area contributed by atoms with Gasteiger partial charge in [-0.15, -0.1) is 0 Å². The second-order valence-corrected chi connectivity index (χ2v) is 5.85. The summed E-state index contributed by atoms with van der Waals surface area (Å²) in [5.41, 5.74) is 3.51. The largest absolute Gasteiger partial charge is 0.423 e. The van der Waals surface area contributed by atoms with Crippen molar-refractivity contribution in [1.82, 2.24) is 14.6 Å². The van der Waals surface area contributed by atoms with Gasteiger partial charge in [-0.05, 0) is 49.2 Å². The Morgan fingerprint density at radius 1 is 1.16 bits per heavy atom. The molecule has 0 bridgehead atoms. The maximum absolute atomic E-state index is 12.6. The van der Waals surface area contributed by atoms with E-state index in [0.29, 0.717) is 22.5 Å². The van der Waals surface area contributed by atoms with Crippen molar-refractivity contribution in [3.63, 3.8) is 0 Å². The van der Waals surface area contributed by atoms with Gasteiger partial charge in [-0.2, -0.15) is 5.10 Å². The maximum Gasteiger partial charge on any atom is 0.336 e. The maximum atomic E-state index is 12.6. The summed E-state index contributed by atoms with van der Waals surface area (Å²) in [6, 6.07) is 8.42. The highest BCUT2D eigenvalue weighted by molar-refractivity contribution is 6.05. The minimum Gasteiger partial charge on any atom is -0.423 e. The molecule has 4 aromatic rings. The van der Waals surface area contributed by atoms with Gasteiger partial charge in [0.15, 0.2) is 5.65 Å². The Bertz CT molecular complexity index is 1190. The molecule has 0 aliphatic rings. The minimum atomic E-state index is -0.387. The number of amides is 1. The van der Waals surface area contributed by atoms with E-state index in [1.807, 2.05) is 19.9 Å². The molecule has 0 unspecified atom stereocenters. The minimum absolute atomic E-state index is 0.255. The molecule has 1 aromatic carbocycles. The number of nitrogens with one attached hydrogen (secondary N) is 1. The average molecular weight is 334 g/mol. The molecule has 7 heteroatoms. The smallest absolute Gasteiger partial charge is 0.336 e. The number of anilines is 1. The molecule has 0 fully saturated rings. The Kier molecular flexibility index (Phi) is 3.35. The van der Waals surface area contributed by atoms with Crippen molar-refractivity contribution in [2.24, 2.45) is 0 Å². The third kappa shape index (κ3) is 2.65. The predicted molar refractivity (Wildman–Crippen MR) is 92.9 cm³/mol. The number of benzene rings is 1. The van der Waals surface area contributed by atoms with Gasteiger partial charge in [-0.3, -0.25) is 4.79 Å². The molecular formula is C18H14N4O3. The molecule has 1 amide bonds. The number of nitrogens with zero attached hydrogens (tertiary/aromatic N) is 3. The van der Waals surface area contributed by atoms with Gasteiger partial charge in [0.25, 0.3) is 5.91 Å². The van der Waals surface area contributed by atoms with E-state index in [4.69, 9.17) is 4.42 Å². The fourth-order valence-electron chi connectivity index (χ4n) is 2.75. The second kappa shape index (κ2) is 5.55. The standard InChI is InChI=1S/C18H14N4O3/c1-10-6-17(23)25-15-5-11(2)14(7-13(10)15)21-18(24)12-3-4-16-19-9-20-22(16)8-12/h3-9H,1-2H3,(H,21,24). The van der Waals surface area contributed by atoms with Crippen LogP contribution in [0.1, 0.15) is 21.5 Å². The third-order valence-electron chi connectivity index (χ3n) is 4.08. The van der Waals surface area contributed by atoms with Crippen LogP contribution in [0.5, 0.6) is 0 Å². The van der Waals surface area contributed by atoms with Gasteiger partial charge >= 0.3 is 5.63 Å². The summed E-state index contributed by atoms with van der Waals surface area (Å²) in [7, 11) is 0. The molecule has 7 nitrogen and oxygen atoms in total. The Hall–Kier alpha value is -3.48. The van der Waals surface area contributed by atoms with Crippen molar-refractivity contribution in [3.8, 4) is 0 Å². The van der Waals surface area contributed by atoms with E-state index in [9.17, 15) is 9.59 Å². The van der Waals surface area contributed by atoms with E-state index in [2.05, 4.69) is 15.4 Å². The van der Waals surface area contributed by atoms with Gasteiger partial charge in [0.2, 0.25) is 0 Å². The molecule has 0 aliphatic carbocycles. The first kappa shape index (κ1) is 15.1. The molecule has 0 atom stereocenters. The van der Waals surface area contributed by atoms with Gasteiger partial charge in [-0.1, -0.05) is 0 Å². The number of rotatable bonds is 2. The molecule has 0 radical (unpaired) electrons. The number of fused-ring (bicyclic) bond motifs is 2. The monoisotopic (exact) mass is 334 g/mol. The molecule has 0 saturated heterocycles. The lowest BCUT2D eigenvalue weighted by molar-refractivity contribution is 0.102. The van der Waals surface area contributed by atoms with Crippen LogP contribution >= 0.6 is 0 Å². The highest BCUT2D eigenvalue weighted by atomic mass is 16.4. The van der Waals surface area contributed by atoms with Crippen molar-refractivity contribution in [2.45, 2.75) is 13.8 Å². The van der Waals surface area contributed by atoms with Crippen molar-refractivity contribution in [1.29, 1.82) is 0 Å². The number of carbonyl (C=O) groups is 1. The molecular weight excluding hydrogens is 320 g/mol. The highest BCUT2D eigenvalue weighted by Gasteiger charge is 2.12. The van der Waals surface area contributed by atoms with Gasteiger partial charge < -0.3 is 9.73 Å². The van der Waals surface area contributed by atoms with Crippen LogP contribution in [0.4, 0.5) is 5.69 Å². The Labute approximate surface area is 141 Å². The zero-order valence-corrected chi connectivity index (χ0v) is 13.6. The van der Waals surface area contributed by atoms with E-state index < -0.39 is 0 Å². The first-order valence-corrected chi connectivity index (χ1v) is 7.67. The van der Waals surface area contributed by atoms with E-state index in [0.717, 1.165) is 16.5 Å². The van der Waals surface area contributed by atoms with Gasteiger partial charge in [0.1, 0.15) is 11.9 Å². The van der Waals surface area contributed by atoms with Gasteiger partial charge in [-0.25, -0.2) is 14.3 Å². The van der Waals surface area contributed by atoms with Crippen LogP contribution in [0.3, 0.4) is 0 Å².